The molecule has 6 heteroatoms. The monoisotopic (exact) mass is 362 g/mol. The van der Waals surface area contributed by atoms with Crippen LogP contribution in [0.1, 0.15) is 30.6 Å². The zero-order chi connectivity index (χ0) is 13.8. The van der Waals surface area contributed by atoms with Gasteiger partial charge in [0.05, 0.1) is 22.3 Å². The van der Waals surface area contributed by atoms with Crippen LogP contribution >= 0.6 is 38.9 Å². The molecule has 0 radical (unpaired) electrons. The predicted octanol–water partition coefficient (Wildman–Crippen LogP) is 4.79. The van der Waals surface area contributed by atoms with E-state index in [0.29, 0.717) is 10.0 Å². The van der Waals surface area contributed by atoms with Crippen LogP contribution < -0.4 is 5.32 Å². The number of aromatic nitrogens is 1. The Bertz CT molecular complexity index is 548. The summed E-state index contributed by atoms with van der Waals surface area (Å²) in [7, 11) is 0. The van der Waals surface area contributed by atoms with Gasteiger partial charge in [0.1, 0.15) is 5.82 Å². The average molecular weight is 364 g/mol. The topological polar surface area (TPSA) is 24.9 Å². The summed E-state index contributed by atoms with van der Waals surface area (Å²) < 4.78 is 14.9. The quantitative estimate of drug-likeness (QED) is 0.773. The minimum atomic E-state index is -0.405. The Morgan fingerprint density at radius 1 is 1.53 bits per heavy atom. The molecule has 2 rings (SSSR count). The molecule has 0 fully saturated rings. The molecule has 19 heavy (non-hydrogen) atoms. The van der Waals surface area contributed by atoms with E-state index in [9.17, 15) is 4.39 Å². The lowest BCUT2D eigenvalue weighted by molar-refractivity contribution is 0.540. The molecule has 1 aromatic heterocycles. The van der Waals surface area contributed by atoms with Crippen molar-refractivity contribution in [3.05, 3.63) is 49.6 Å². The fraction of sp³-hybridized carbons (Fsp3) is 0.308. The highest BCUT2D eigenvalue weighted by molar-refractivity contribution is 9.10. The predicted molar refractivity (Wildman–Crippen MR) is 81.4 cm³/mol. The molecule has 1 aromatic carbocycles. The fourth-order valence-electron chi connectivity index (χ4n) is 1.79. The van der Waals surface area contributed by atoms with E-state index in [2.05, 4.69) is 33.2 Å². The lowest BCUT2D eigenvalue weighted by Gasteiger charge is -2.18. The molecule has 2 nitrogen and oxygen atoms in total. The first-order valence-corrected chi connectivity index (χ1v) is 8.01. The van der Waals surface area contributed by atoms with Crippen molar-refractivity contribution in [3.63, 3.8) is 0 Å². The molecule has 0 amide bonds. The molecule has 0 aliphatic rings. The van der Waals surface area contributed by atoms with E-state index >= 15 is 0 Å². The minimum Gasteiger partial charge on any atom is -0.305 e. The van der Waals surface area contributed by atoms with E-state index in [4.69, 9.17) is 11.6 Å². The van der Waals surface area contributed by atoms with Gasteiger partial charge in [-0.2, -0.15) is 0 Å². The summed E-state index contributed by atoms with van der Waals surface area (Å²) in [6.45, 7) is 2.85. The zero-order valence-electron chi connectivity index (χ0n) is 10.3. The van der Waals surface area contributed by atoms with E-state index in [1.165, 1.54) is 11.3 Å². The van der Waals surface area contributed by atoms with Crippen molar-refractivity contribution in [1.29, 1.82) is 0 Å². The molecule has 102 valence electrons. The maximum Gasteiger partial charge on any atom is 0.148 e. The van der Waals surface area contributed by atoms with Gasteiger partial charge in [-0.15, -0.1) is 11.3 Å². The van der Waals surface area contributed by atoms with Crippen molar-refractivity contribution in [2.24, 2.45) is 0 Å². The van der Waals surface area contributed by atoms with Crippen LogP contribution in [-0.2, 0) is 0 Å². The molecule has 0 aliphatic carbocycles. The van der Waals surface area contributed by atoms with E-state index in [-0.39, 0.29) is 11.1 Å². The third-order valence-electron chi connectivity index (χ3n) is 2.72. The molecule has 1 heterocycles. The van der Waals surface area contributed by atoms with Crippen molar-refractivity contribution in [2.45, 2.75) is 19.4 Å². The number of thiazole rings is 1. The first-order chi connectivity index (χ1) is 9.15. The number of benzene rings is 1. The number of halogens is 3. The highest BCUT2D eigenvalue weighted by Crippen LogP contribution is 2.32. The van der Waals surface area contributed by atoms with Crippen LogP contribution in [-0.4, -0.2) is 11.5 Å². The molecule has 1 N–H and O–H groups in total. The summed E-state index contributed by atoms with van der Waals surface area (Å²) in [5.41, 5.74) is 3.08. The zero-order valence-corrected chi connectivity index (χ0v) is 13.4. The molecule has 0 saturated carbocycles. The van der Waals surface area contributed by atoms with Crippen LogP contribution in [0.25, 0.3) is 0 Å². The second-order valence-corrected chi connectivity index (χ2v) is 6.02. The highest BCUT2D eigenvalue weighted by Gasteiger charge is 2.21. The van der Waals surface area contributed by atoms with Gasteiger partial charge in [0.15, 0.2) is 0 Å². The molecule has 1 atom stereocenters. The molecule has 0 spiro atoms. The van der Waals surface area contributed by atoms with Gasteiger partial charge >= 0.3 is 0 Å². The van der Waals surface area contributed by atoms with Gasteiger partial charge in [-0.05, 0) is 35.0 Å². The lowest BCUT2D eigenvalue weighted by atomic mass is 10.0. The van der Waals surface area contributed by atoms with Crippen LogP contribution in [0.2, 0.25) is 5.02 Å². The molecule has 0 aliphatic heterocycles. The Hall–Kier alpha value is -0.490. The second-order valence-electron chi connectivity index (χ2n) is 4.07. The van der Waals surface area contributed by atoms with Crippen molar-refractivity contribution >= 4 is 38.9 Å². The van der Waals surface area contributed by atoms with E-state index in [1.807, 2.05) is 5.38 Å². The van der Waals surface area contributed by atoms with E-state index < -0.39 is 5.82 Å². The summed E-state index contributed by atoms with van der Waals surface area (Å²) >= 11 is 10.7. The van der Waals surface area contributed by atoms with Crippen LogP contribution in [0.4, 0.5) is 4.39 Å². The highest BCUT2D eigenvalue weighted by atomic mass is 79.9. The summed E-state index contributed by atoms with van der Waals surface area (Å²) in [5.74, 6) is -0.405. The minimum absolute atomic E-state index is 0.107. The van der Waals surface area contributed by atoms with Crippen LogP contribution in [0.3, 0.4) is 0 Å². The van der Waals surface area contributed by atoms with Gasteiger partial charge in [-0.1, -0.05) is 24.6 Å². The molecular weight excluding hydrogens is 351 g/mol. The lowest BCUT2D eigenvalue weighted by Crippen LogP contribution is -2.24. The van der Waals surface area contributed by atoms with Crippen LogP contribution in [0, 0.1) is 5.82 Å². The number of hydrogen-bond donors (Lipinski definition) is 1. The maximum atomic E-state index is 14.3. The average Bonchev–Trinajstić information content (AvgIpc) is 2.92. The second kappa shape index (κ2) is 6.79. The van der Waals surface area contributed by atoms with Crippen molar-refractivity contribution in [2.75, 3.05) is 6.54 Å². The summed E-state index contributed by atoms with van der Waals surface area (Å²) in [4.78, 5) is 4.27. The van der Waals surface area contributed by atoms with Gasteiger partial charge < -0.3 is 5.32 Å². The Balaban J connectivity index is 2.41. The van der Waals surface area contributed by atoms with Gasteiger partial charge in [0, 0.05) is 15.4 Å². The third-order valence-corrected chi connectivity index (χ3v) is 4.59. The largest absolute Gasteiger partial charge is 0.305 e. The molecular formula is C13H13BrClFN2S. The fourth-order valence-corrected chi connectivity index (χ4v) is 2.85. The molecule has 2 aromatic rings. The van der Waals surface area contributed by atoms with Crippen molar-refractivity contribution < 1.29 is 4.39 Å². The number of hydrogen-bond acceptors (Lipinski definition) is 3. The summed E-state index contributed by atoms with van der Waals surface area (Å²) in [6, 6.07) is 3.22. The van der Waals surface area contributed by atoms with Gasteiger partial charge in [-0.3, -0.25) is 0 Å². The van der Waals surface area contributed by atoms with Crippen LogP contribution in [0.5, 0.6) is 0 Å². The Morgan fingerprint density at radius 3 is 2.95 bits per heavy atom. The standard InChI is InChI=1S/C13H13BrClFN2S/c1-2-5-17-13(10-6-19-7-18-10)8-3-4-9(14)11(15)12(8)16/h3-4,6-7,13,17H,2,5H2,1H3. The van der Waals surface area contributed by atoms with Gasteiger partial charge in [0.25, 0.3) is 0 Å². The first kappa shape index (κ1) is 14.9. The molecule has 1 unspecified atom stereocenters. The summed E-state index contributed by atoms with van der Waals surface area (Å²) in [5, 5.41) is 5.33. The Morgan fingerprint density at radius 2 is 2.32 bits per heavy atom. The van der Waals surface area contributed by atoms with Crippen molar-refractivity contribution in [3.8, 4) is 0 Å². The number of rotatable bonds is 5. The molecule has 0 bridgehead atoms. The SMILES string of the molecule is CCCNC(c1cscn1)c1ccc(Br)c(Cl)c1F. The Kier molecular flexibility index (Phi) is 5.33. The maximum absolute atomic E-state index is 14.3. The van der Waals surface area contributed by atoms with Gasteiger partial charge in [0.2, 0.25) is 0 Å². The normalized spacial score (nSPS) is 12.6. The van der Waals surface area contributed by atoms with Gasteiger partial charge in [-0.25, -0.2) is 9.37 Å². The van der Waals surface area contributed by atoms with Crippen LogP contribution in [0.15, 0.2) is 27.5 Å². The summed E-state index contributed by atoms with van der Waals surface area (Å²) in [6.07, 6.45) is 0.965. The number of nitrogens with one attached hydrogen (secondary N) is 1. The first-order valence-electron chi connectivity index (χ1n) is 5.90. The number of nitrogens with zero attached hydrogens (tertiary/aromatic N) is 1. The third kappa shape index (κ3) is 3.34. The van der Waals surface area contributed by atoms with E-state index in [1.54, 1.807) is 17.6 Å². The smallest absolute Gasteiger partial charge is 0.148 e. The molecule has 0 saturated heterocycles. The van der Waals surface area contributed by atoms with E-state index in [0.717, 1.165) is 18.7 Å². The Labute approximate surface area is 129 Å². The van der Waals surface area contributed by atoms with Crippen molar-refractivity contribution in [1.82, 2.24) is 10.3 Å².